The van der Waals surface area contributed by atoms with Crippen LogP contribution in [0.5, 0.6) is 5.88 Å². The Balaban J connectivity index is 2.31. The van der Waals surface area contributed by atoms with E-state index in [-0.39, 0.29) is 28.8 Å². The van der Waals surface area contributed by atoms with E-state index in [4.69, 9.17) is 4.74 Å². The van der Waals surface area contributed by atoms with Crippen LogP contribution in [-0.2, 0) is 0 Å². The number of nitro groups is 1. The number of nitrogens with zero attached hydrogens (tertiary/aromatic N) is 3. The summed E-state index contributed by atoms with van der Waals surface area (Å²) < 4.78 is 4.96. The average molecular weight is 280 g/mol. The van der Waals surface area contributed by atoms with Gasteiger partial charge in [-0.25, -0.2) is 4.98 Å². The van der Waals surface area contributed by atoms with Gasteiger partial charge in [-0.1, -0.05) is 26.7 Å². The van der Waals surface area contributed by atoms with Gasteiger partial charge in [-0.05, 0) is 18.3 Å². The average Bonchev–Trinajstić information content (AvgIpc) is 2.40. The summed E-state index contributed by atoms with van der Waals surface area (Å²) >= 11 is 0. The van der Waals surface area contributed by atoms with Crippen LogP contribution < -0.4 is 10.1 Å². The van der Waals surface area contributed by atoms with E-state index in [1.807, 2.05) is 0 Å². The van der Waals surface area contributed by atoms with Crippen LogP contribution in [0.25, 0.3) is 0 Å². The molecule has 0 aromatic carbocycles. The van der Waals surface area contributed by atoms with E-state index in [1.54, 1.807) is 0 Å². The highest BCUT2D eigenvalue weighted by Crippen LogP contribution is 2.39. The van der Waals surface area contributed by atoms with Crippen molar-refractivity contribution in [2.24, 2.45) is 5.41 Å². The zero-order valence-corrected chi connectivity index (χ0v) is 12.0. The SMILES string of the molecule is COc1ncnc(NC2CCCCC2(C)C)c1[N+](=O)[O-]. The van der Waals surface area contributed by atoms with Crippen molar-refractivity contribution in [1.82, 2.24) is 9.97 Å². The lowest BCUT2D eigenvalue weighted by Gasteiger charge is -2.39. The van der Waals surface area contributed by atoms with E-state index < -0.39 is 4.92 Å². The molecule has 1 N–H and O–H groups in total. The van der Waals surface area contributed by atoms with Crippen molar-refractivity contribution in [1.29, 1.82) is 0 Å². The van der Waals surface area contributed by atoms with Gasteiger partial charge < -0.3 is 10.1 Å². The molecule has 7 nitrogen and oxygen atoms in total. The summed E-state index contributed by atoms with van der Waals surface area (Å²) in [7, 11) is 1.36. The molecule has 1 aliphatic carbocycles. The van der Waals surface area contributed by atoms with Crippen LogP contribution in [0.3, 0.4) is 0 Å². The van der Waals surface area contributed by atoms with Gasteiger partial charge >= 0.3 is 5.69 Å². The summed E-state index contributed by atoms with van der Waals surface area (Å²) in [5.74, 6) is 0.225. The molecule has 1 saturated carbocycles. The fourth-order valence-corrected chi connectivity index (χ4v) is 2.71. The van der Waals surface area contributed by atoms with Gasteiger partial charge in [-0.2, -0.15) is 4.98 Å². The lowest BCUT2D eigenvalue weighted by atomic mass is 9.73. The molecule has 0 radical (unpaired) electrons. The lowest BCUT2D eigenvalue weighted by Crippen LogP contribution is -2.39. The summed E-state index contributed by atoms with van der Waals surface area (Å²) in [6, 6.07) is 0.162. The maximum Gasteiger partial charge on any atom is 0.372 e. The number of methoxy groups -OCH3 is 1. The maximum atomic E-state index is 11.2. The number of aromatic nitrogens is 2. The monoisotopic (exact) mass is 280 g/mol. The highest BCUT2D eigenvalue weighted by atomic mass is 16.6. The molecule has 2 rings (SSSR count). The molecule has 1 fully saturated rings. The molecule has 0 bridgehead atoms. The van der Waals surface area contributed by atoms with Gasteiger partial charge in [0.05, 0.1) is 12.0 Å². The van der Waals surface area contributed by atoms with E-state index in [2.05, 4.69) is 29.1 Å². The number of anilines is 1. The van der Waals surface area contributed by atoms with Crippen molar-refractivity contribution in [2.75, 3.05) is 12.4 Å². The number of rotatable bonds is 4. The van der Waals surface area contributed by atoms with E-state index in [0.29, 0.717) is 0 Å². The summed E-state index contributed by atoms with van der Waals surface area (Å²) in [6.07, 6.45) is 5.68. The predicted molar refractivity (Wildman–Crippen MR) is 74.9 cm³/mol. The van der Waals surface area contributed by atoms with Gasteiger partial charge in [-0.15, -0.1) is 0 Å². The molecule has 0 saturated heterocycles. The first-order valence-electron chi connectivity index (χ1n) is 6.75. The molecule has 0 aliphatic heterocycles. The molecule has 0 spiro atoms. The second kappa shape index (κ2) is 5.60. The second-order valence-corrected chi connectivity index (χ2v) is 5.77. The van der Waals surface area contributed by atoms with E-state index in [1.165, 1.54) is 19.9 Å². The standard InChI is InChI=1S/C13H20N4O3/c1-13(2)7-5-4-6-9(13)16-11-10(17(18)19)12(20-3)15-8-14-11/h8-9H,4-7H2,1-3H3,(H,14,15,16). The van der Waals surface area contributed by atoms with Crippen molar-refractivity contribution in [3.05, 3.63) is 16.4 Å². The Bertz CT molecular complexity index is 504. The topological polar surface area (TPSA) is 90.2 Å². The molecular formula is C13H20N4O3. The highest BCUT2D eigenvalue weighted by molar-refractivity contribution is 5.61. The maximum absolute atomic E-state index is 11.2. The van der Waals surface area contributed by atoms with Gasteiger partial charge in [0.2, 0.25) is 5.82 Å². The van der Waals surface area contributed by atoms with Crippen LogP contribution in [0.15, 0.2) is 6.33 Å². The van der Waals surface area contributed by atoms with Crippen molar-refractivity contribution in [3.63, 3.8) is 0 Å². The van der Waals surface area contributed by atoms with Crippen LogP contribution in [0.2, 0.25) is 0 Å². The van der Waals surface area contributed by atoms with E-state index in [9.17, 15) is 10.1 Å². The molecule has 1 atom stereocenters. The first-order valence-corrected chi connectivity index (χ1v) is 6.75. The van der Waals surface area contributed by atoms with Crippen molar-refractivity contribution in [2.45, 2.75) is 45.6 Å². The third kappa shape index (κ3) is 2.81. The largest absolute Gasteiger partial charge is 0.476 e. The number of nitrogens with one attached hydrogen (secondary N) is 1. The van der Waals surface area contributed by atoms with Gasteiger partial charge in [0.15, 0.2) is 0 Å². The Morgan fingerprint density at radius 1 is 1.45 bits per heavy atom. The summed E-state index contributed by atoms with van der Waals surface area (Å²) in [5.41, 5.74) is -0.110. The Hall–Kier alpha value is -1.92. The van der Waals surface area contributed by atoms with Crippen molar-refractivity contribution < 1.29 is 9.66 Å². The molecule has 7 heteroatoms. The zero-order valence-electron chi connectivity index (χ0n) is 12.0. The Morgan fingerprint density at radius 2 is 2.20 bits per heavy atom. The van der Waals surface area contributed by atoms with Crippen molar-refractivity contribution in [3.8, 4) is 5.88 Å². The highest BCUT2D eigenvalue weighted by Gasteiger charge is 2.34. The number of hydrogen-bond acceptors (Lipinski definition) is 6. The molecule has 20 heavy (non-hydrogen) atoms. The molecule has 1 unspecified atom stereocenters. The van der Waals surface area contributed by atoms with Gasteiger partial charge in [0.25, 0.3) is 5.88 Å². The predicted octanol–water partition coefficient (Wildman–Crippen LogP) is 2.77. The van der Waals surface area contributed by atoms with E-state index >= 15 is 0 Å². The molecule has 1 aliphatic rings. The summed E-state index contributed by atoms with van der Waals surface area (Å²) in [4.78, 5) is 18.5. The van der Waals surface area contributed by atoms with Crippen LogP contribution in [0.4, 0.5) is 11.5 Å². The van der Waals surface area contributed by atoms with E-state index in [0.717, 1.165) is 19.3 Å². The zero-order chi connectivity index (χ0) is 14.8. The fraction of sp³-hybridized carbons (Fsp3) is 0.692. The first kappa shape index (κ1) is 14.5. The Kier molecular flexibility index (Phi) is 4.06. The smallest absolute Gasteiger partial charge is 0.372 e. The van der Waals surface area contributed by atoms with Crippen LogP contribution in [0, 0.1) is 15.5 Å². The van der Waals surface area contributed by atoms with Gasteiger partial charge in [0.1, 0.15) is 6.33 Å². The Labute approximate surface area is 117 Å². The van der Waals surface area contributed by atoms with Crippen LogP contribution in [-0.4, -0.2) is 28.0 Å². The Morgan fingerprint density at radius 3 is 2.80 bits per heavy atom. The fourth-order valence-electron chi connectivity index (χ4n) is 2.71. The van der Waals surface area contributed by atoms with Gasteiger partial charge in [0, 0.05) is 6.04 Å². The molecule has 110 valence electrons. The molecular weight excluding hydrogens is 260 g/mol. The minimum Gasteiger partial charge on any atom is -0.476 e. The number of ether oxygens (including phenoxy) is 1. The normalized spacial score (nSPS) is 21.2. The van der Waals surface area contributed by atoms with Gasteiger partial charge in [-0.3, -0.25) is 10.1 Å². The number of hydrogen-bond donors (Lipinski definition) is 1. The first-order chi connectivity index (χ1) is 9.45. The quantitative estimate of drug-likeness (QED) is 0.673. The van der Waals surface area contributed by atoms with Crippen LogP contribution >= 0.6 is 0 Å². The van der Waals surface area contributed by atoms with Crippen LogP contribution in [0.1, 0.15) is 39.5 Å². The minimum atomic E-state index is -0.503. The molecule has 0 amide bonds. The minimum absolute atomic E-state index is 0.0129. The molecule has 1 aromatic heterocycles. The third-order valence-electron chi connectivity index (χ3n) is 3.98. The third-order valence-corrected chi connectivity index (χ3v) is 3.98. The van der Waals surface area contributed by atoms with Crippen molar-refractivity contribution >= 4 is 11.5 Å². The second-order valence-electron chi connectivity index (χ2n) is 5.77. The summed E-state index contributed by atoms with van der Waals surface area (Å²) in [6.45, 7) is 4.35. The molecule has 1 aromatic rings. The molecule has 1 heterocycles. The summed E-state index contributed by atoms with van der Waals surface area (Å²) in [5, 5.41) is 14.4. The lowest BCUT2D eigenvalue weighted by molar-refractivity contribution is -0.385.